The first kappa shape index (κ1) is 9.52. The van der Waals surface area contributed by atoms with Crippen LogP contribution in [0, 0.1) is 0 Å². The molecule has 1 aromatic carbocycles. The van der Waals surface area contributed by atoms with Gasteiger partial charge in [-0.1, -0.05) is 30.8 Å². The largest absolute Gasteiger partial charge is 0.510 e. The zero-order chi connectivity index (χ0) is 10.8. The van der Waals surface area contributed by atoms with Crippen molar-refractivity contribution >= 4 is 12.0 Å². The van der Waals surface area contributed by atoms with Gasteiger partial charge < -0.3 is 10.4 Å². The van der Waals surface area contributed by atoms with Gasteiger partial charge in [0.05, 0.1) is 0 Å². The van der Waals surface area contributed by atoms with Crippen molar-refractivity contribution in [3.05, 3.63) is 53.8 Å². The Morgan fingerprint density at radius 3 is 2.93 bits per heavy atom. The summed E-state index contributed by atoms with van der Waals surface area (Å²) >= 11 is 0. The lowest BCUT2D eigenvalue weighted by atomic mass is 10.1. The summed E-state index contributed by atoms with van der Waals surface area (Å²) in [4.78, 5) is 11.2. The first-order chi connectivity index (χ1) is 7.22. The molecule has 0 aliphatic heterocycles. The van der Waals surface area contributed by atoms with E-state index in [-0.39, 0.29) is 11.7 Å². The summed E-state index contributed by atoms with van der Waals surface area (Å²) < 4.78 is 0. The Bertz CT molecular complexity index is 449. The van der Waals surface area contributed by atoms with E-state index < -0.39 is 6.04 Å². The maximum atomic E-state index is 11.2. The Morgan fingerprint density at radius 2 is 2.20 bits per heavy atom. The van der Waals surface area contributed by atoms with Crippen LogP contribution in [0.25, 0.3) is 6.08 Å². The number of carbonyl (C=O) groups is 1. The molecule has 0 aromatic heterocycles. The van der Waals surface area contributed by atoms with E-state index in [0.717, 1.165) is 11.1 Å². The average Bonchev–Trinajstić information content (AvgIpc) is 2.55. The third-order valence-corrected chi connectivity index (χ3v) is 2.38. The maximum absolute atomic E-state index is 11.2. The van der Waals surface area contributed by atoms with E-state index in [1.54, 1.807) is 6.08 Å². The lowest BCUT2D eigenvalue weighted by Gasteiger charge is -2.13. The fourth-order valence-corrected chi connectivity index (χ4v) is 1.66. The number of aliphatic hydroxyl groups excluding tert-OH is 1. The fraction of sp³-hybridized carbons (Fsp3) is 0.0833. The van der Waals surface area contributed by atoms with Crippen LogP contribution in [0.5, 0.6) is 0 Å². The summed E-state index contributed by atoms with van der Waals surface area (Å²) in [5.41, 5.74) is 1.84. The SMILES string of the molecule is C=CC(=O)NC1C(O)=Cc2ccccc21. The molecule has 0 radical (unpaired) electrons. The molecule has 2 N–H and O–H groups in total. The van der Waals surface area contributed by atoms with Crippen LogP contribution in [-0.2, 0) is 4.79 Å². The predicted octanol–water partition coefficient (Wildman–Crippen LogP) is 1.94. The Kier molecular flexibility index (Phi) is 2.29. The van der Waals surface area contributed by atoms with Crippen molar-refractivity contribution in [1.82, 2.24) is 5.32 Å². The number of amides is 1. The minimum atomic E-state index is -0.438. The maximum Gasteiger partial charge on any atom is 0.244 e. The second-order valence-corrected chi connectivity index (χ2v) is 3.34. The van der Waals surface area contributed by atoms with E-state index in [2.05, 4.69) is 11.9 Å². The second kappa shape index (κ2) is 3.61. The Hall–Kier alpha value is -2.03. The smallest absolute Gasteiger partial charge is 0.244 e. The highest BCUT2D eigenvalue weighted by Gasteiger charge is 2.25. The van der Waals surface area contributed by atoms with Crippen molar-refractivity contribution in [2.45, 2.75) is 6.04 Å². The van der Waals surface area contributed by atoms with Crippen molar-refractivity contribution < 1.29 is 9.90 Å². The summed E-state index contributed by atoms with van der Waals surface area (Å²) in [5, 5.41) is 12.3. The number of rotatable bonds is 2. The van der Waals surface area contributed by atoms with Gasteiger partial charge in [0.25, 0.3) is 0 Å². The second-order valence-electron chi connectivity index (χ2n) is 3.34. The molecule has 1 aliphatic rings. The molecule has 3 nitrogen and oxygen atoms in total. The number of nitrogens with one attached hydrogen (secondary N) is 1. The molecule has 1 atom stereocenters. The molecular weight excluding hydrogens is 190 g/mol. The van der Waals surface area contributed by atoms with Crippen LogP contribution in [0.3, 0.4) is 0 Å². The van der Waals surface area contributed by atoms with Crippen molar-refractivity contribution in [3.63, 3.8) is 0 Å². The minimum Gasteiger partial charge on any atom is -0.510 e. The molecule has 0 saturated heterocycles. The topological polar surface area (TPSA) is 49.3 Å². The van der Waals surface area contributed by atoms with Crippen LogP contribution in [-0.4, -0.2) is 11.0 Å². The minimum absolute atomic E-state index is 0.159. The van der Waals surface area contributed by atoms with Crippen LogP contribution < -0.4 is 5.32 Å². The van der Waals surface area contributed by atoms with Gasteiger partial charge in [0.2, 0.25) is 5.91 Å². The van der Waals surface area contributed by atoms with Crippen LogP contribution in [0.1, 0.15) is 17.2 Å². The summed E-state index contributed by atoms with van der Waals surface area (Å²) in [6, 6.07) is 7.10. The van der Waals surface area contributed by atoms with Crippen LogP contribution in [0.15, 0.2) is 42.7 Å². The molecule has 0 spiro atoms. The summed E-state index contributed by atoms with van der Waals surface area (Å²) in [6.45, 7) is 3.37. The number of benzene rings is 1. The summed E-state index contributed by atoms with van der Waals surface area (Å²) in [6.07, 6.45) is 2.84. The standard InChI is InChI=1S/C12H11NO2/c1-2-11(15)13-12-9-6-4-3-5-8(9)7-10(12)14/h2-7,12,14H,1H2,(H,13,15). The molecule has 1 aromatic rings. The van der Waals surface area contributed by atoms with E-state index in [1.807, 2.05) is 24.3 Å². The predicted molar refractivity (Wildman–Crippen MR) is 58.1 cm³/mol. The summed E-state index contributed by atoms with van der Waals surface area (Å²) in [7, 11) is 0. The molecule has 2 rings (SSSR count). The van der Waals surface area contributed by atoms with Crippen molar-refractivity contribution in [2.24, 2.45) is 0 Å². The number of hydrogen-bond acceptors (Lipinski definition) is 2. The number of aliphatic hydroxyl groups is 1. The van der Waals surface area contributed by atoms with Gasteiger partial charge in [0, 0.05) is 0 Å². The van der Waals surface area contributed by atoms with Crippen LogP contribution in [0.4, 0.5) is 0 Å². The van der Waals surface area contributed by atoms with Gasteiger partial charge in [-0.25, -0.2) is 0 Å². The monoisotopic (exact) mass is 201 g/mol. The van der Waals surface area contributed by atoms with E-state index in [9.17, 15) is 9.90 Å². The molecule has 15 heavy (non-hydrogen) atoms. The molecule has 76 valence electrons. The Balaban J connectivity index is 2.31. The third-order valence-electron chi connectivity index (χ3n) is 2.38. The molecule has 1 aliphatic carbocycles. The van der Waals surface area contributed by atoms with Crippen molar-refractivity contribution in [1.29, 1.82) is 0 Å². The van der Waals surface area contributed by atoms with E-state index >= 15 is 0 Å². The van der Waals surface area contributed by atoms with E-state index in [1.165, 1.54) is 6.08 Å². The Labute approximate surface area is 87.7 Å². The number of carbonyl (C=O) groups excluding carboxylic acids is 1. The molecule has 0 fully saturated rings. The number of fused-ring (bicyclic) bond motifs is 1. The molecular formula is C12H11NO2. The normalized spacial score (nSPS) is 17.9. The van der Waals surface area contributed by atoms with Gasteiger partial charge in [-0.15, -0.1) is 0 Å². The van der Waals surface area contributed by atoms with Gasteiger partial charge >= 0.3 is 0 Å². The molecule has 1 amide bonds. The molecule has 0 saturated carbocycles. The lowest BCUT2D eigenvalue weighted by Crippen LogP contribution is -2.26. The summed E-state index contributed by atoms with van der Waals surface area (Å²) in [5.74, 6) is -0.136. The van der Waals surface area contributed by atoms with Gasteiger partial charge in [0.15, 0.2) is 0 Å². The highest BCUT2D eigenvalue weighted by Crippen LogP contribution is 2.32. The number of hydrogen-bond donors (Lipinski definition) is 2. The fourth-order valence-electron chi connectivity index (χ4n) is 1.66. The zero-order valence-electron chi connectivity index (χ0n) is 8.10. The van der Waals surface area contributed by atoms with Gasteiger partial charge in [-0.05, 0) is 23.3 Å². The Morgan fingerprint density at radius 1 is 1.47 bits per heavy atom. The van der Waals surface area contributed by atoms with Gasteiger partial charge in [-0.2, -0.15) is 0 Å². The highest BCUT2D eigenvalue weighted by molar-refractivity contribution is 5.88. The van der Waals surface area contributed by atoms with Crippen LogP contribution in [0.2, 0.25) is 0 Å². The van der Waals surface area contributed by atoms with Gasteiger partial charge in [-0.3, -0.25) is 4.79 Å². The van der Waals surface area contributed by atoms with Crippen LogP contribution >= 0.6 is 0 Å². The molecule has 0 bridgehead atoms. The van der Waals surface area contributed by atoms with Gasteiger partial charge in [0.1, 0.15) is 11.8 Å². The lowest BCUT2D eigenvalue weighted by molar-refractivity contribution is -0.117. The van der Waals surface area contributed by atoms with Crippen molar-refractivity contribution in [2.75, 3.05) is 0 Å². The highest BCUT2D eigenvalue weighted by atomic mass is 16.3. The molecule has 3 heteroatoms. The molecule has 1 unspecified atom stereocenters. The molecule has 0 heterocycles. The average molecular weight is 201 g/mol. The van der Waals surface area contributed by atoms with Crippen molar-refractivity contribution in [3.8, 4) is 0 Å². The van der Waals surface area contributed by atoms with E-state index in [4.69, 9.17) is 0 Å². The first-order valence-electron chi connectivity index (χ1n) is 4.65. The zero-order valence-corrected chi connectivity index (χ0v) is 8.10. The first-order valence-corrected chi connectivity index (χ1v) is 4.65. The third kappa shape index (κ3) is 1.64. The quantitative estimate of drug-likeness (QED) is 0.718. The van der Waals surface area contributed by atoms with E-state index in [0.29, 0.717) is 0 Å².